The number of hydrogen-bond donors (Lipinski definition) is 0. The van der Waals surface area contributed by atoms with Gasteiger partial charge in [-0.2, -0.15) is 0 Å². The van der Waals surface area contributed by atoms with Gasteiger partial charge in [-0.15, -0.1) is 0 Å². The first-order valence-corrected chi connectivity index (χ1v) is 40.6. The van der Waals surface area contributed by atoms with Gasteiger partial charge in [0, 0.05) is 34.0 Å². The predicted octanol–water partition coefficient (Wildman–Crippen LogP) is 18.1. The lowest BCUT2D eigenvalue weighted by molar-refractivity contribution is -0.332. The number of rotatable bonds is 51. The Morgan fingerprint density at radius 1 is 0.321 bits per heavy atom. The Morgan fingerprint density at radius 2 is 0.624 bits per heavy atom. The number of benzene rings is 4. The second-order valence-electron chi connectivity index (χ2n) is 31.8. The fourth-order valence-electron chi connectivity index (χ4n) is 14.1. The molecular weight excluding hydrogens is 1390 g/mol. The molecule has 2 saturated heterocycles. The van der Waals surface area contributed by atoms with E-state index in [1.165, 1.54) is 120 Å². The molecule has 20 nitrogen and oxygen atoms in total. The van der Waals surface area contributed by atoms with Crippen LogP contribution in [0.2, 0.25) is 0 Å². The van der Waals surface area contributed by atoms with Crippen molar-refractivity contribution in [3.8, 4) is 0 Å². The monoisotopic (exact) mass is 1520 g/mol. The highest BCUT2D eigenvalue weighted by Gasteiger charge is 2.57. The molecule has 2 aliphatic rings. The summed E-state index contributed by atoms with van der Waals surface area (Å²) in [6.07, 6.45) is 6.16. The highest BCUT2D eigenvalue weighted by molar-refractivity contribution is 5.91. The first-order valence-electron chi connectivity index (χ1n) is 40.6. The SMILES string of the molecule is CC(=O)OC[C@H]1O[C@@H](OC[C@H]2O[C@@H](OC[C@@H](COCC[C@H](C)CCC[C@H](C)CCC[C@H](C)CCCC(C)C)OCC[C@H](C)CCC[C@H](C)CCC[C@H](C)CCCC(C)C)[C@H](OC(=O)c3ccccc3)[C@@H](OC(=O)c3ccccc3)[C@@H]2OC(C)=O)[C@H](OC(=O)c2ccccc2)[C@@H](OC(=O)c2ccccc2)[C@@H]1OC(C)=O. The number of carbonyl (C=O) groups is 7. The molecule has 0 aromatic heterocycles. The number of carbonyl (C=O) groups excluding carboxylic acids is 7. The zero-order valence-corrected chi connectivity index (χ0v) is 67.6. The molecule has 0 radical (unpaired) electrons. The van der Waals surface area contributed by atoms with Crippen molar-refractivity contribution in [1.29, 1.82) is 0 Å². The minimum atomic E-state index is -1.82. The molecule has 0 unspecified atom stereocenters. The highest BCUT2D eigenvalue weighted by Crippen LogP contribution is 2.36. The van der Waals surface area contributed by atoms with E-state index in [-0.39, 0.29) is 35.5 Å². The fraction of sp³-hybridized carbons (Fsp3) is 0.652. The van der Waals surface area contributed by atoms with Gasteiger partial charge in [0.2, 0.25) is 0 Å². The molecule has 2 fully saturated rings. The summed E-state index contributed by atoms with van der Waals surface area (Å²) < 4.78 is 82.7. The van der Waals surface area contributed by atoms with Crippen molar-refractivity contribution in [2.75, 3.05) is 39.6 Å². The van der Waals surface area contributed by atoms with E-state index in [1.807, 2.05) is 0 Å². The van der Waals surface area contributed by atoms with Gasteiger partial charge in [-0.05, 0) is 109 Å². The van der Waals surface area contributed by atoms with Gasteiger partial charge in [-0.1, -0.05) is 258 Å². The Kier molecular flexibility index (Phi) is 41.7. The van der Waals surface area contributed by atoms with E-state index < -0.39 is 123 Å². The Morgan fingerprint density at radius 3 is 0.954 bits per heavy atom. The first kappa shape index (κ1) is 90.8. The van der Waals surface area contributed by atoms with Crippen LogP contribution in [0.4, 0.5) is 0 Å². The molecule has 4 aromatic carbocycles. The molecule has 0 aliphatic carbocycles. The molecule has 4 aromatic rings. The van der Waals surface area contributed by atoms with Crippen LogP contribution in [-0.4, -0.2) is 149 Å². The van der Waals surface area contributed by atoms with E-state index in [0.29, 0.717) is 36.9 Å². The predicted molar refractivity (Wildman–Crippen MR) is 417 cm³/mol. The van der Waals surface area contributed by atoms with Crippen molar-refractivity contribution in [2.24, 2.45) is 47.3 Å². The maximum Gasteiger partial charge on any atom is 0.338 e. The van der Waals surface area contributed by atoms with Gasteiger partial charge in [0.15, 0.2) is 49.2 Å². The van der Waals surface area contributed by atoms with Crippen molar-refractivity contribution >= 4 is 41.8 Å². The fourth-order valence-corrected chi connectivity index (χ4v) is 14.1. The lowest BCUT2D eigenvalue weighted by Crippen LogP contribution is -2.65. The summed E-state index contributed by atoms with van der Waals surface area (Å²) in [5, 5.41) is 0. The molecule has 6 rings (SSSR count). The summed E-state index contributed by atoms with van der Waals surface area (Å²) in [4.78, 5) is 97.0. The van der Waals surface area contributed by atoms with E-state index in [2.05, 4.69) is 69.2 Å². The van der Waals surface area contributed by atoms with Crippen LogP contribution in [0, 0.1) is 47.3 Å². The van der Waals surface area contributed by atoms with Gasteiger partial charge in [0.1, 0.15) is 24.9 Å². The lowest BCUT2D eigenvalue weighted by Gasteiger charge is -2.46. The van der Waals surface area contributed by atoms with Crippen molar-refractivity contribution in [2.45, 2.75) is 286 Å². The third kappa shape index (κ3) is 34.6. The van der Waals surface area contributed by atoms with Crippen LogP contribution in [0.1, 0.15) is 260 Å². The third-order valence-electron chi connectivity index (χ3n) is 20.7. The summed E-state index contributed by atoms with van der Waals surface area (Å²) >= 11 is 0. The standard InChI is InChI=1S/C89H130O20/c1-60(2)32-26-34-62(5)36-28-38-64(7)40-30-42-66(9)52-54-97-56-75(98-55-53-67(10)43-31-41-65(8)39-29-37-63(6)35-27-33-61(3)4)57-100-88-82(108-86(95)73-48-22-16-23-49-73)81(107-85(94)72-46-20-15-21-47-72)79(103-70(13)92)77(105-88)59-101-89-83(109-87(96)74-50-24-17-25-51-74)80(106-84(93)71-44-18-14-19-45-71)78(102-69(12)91)76(104-89)58-99-68(11)90/h14-25,44-51,60-67,75-83,88-89H,26-43,52-59H2,1-13H3/t62-,63-,64-,65-,66-,67-,75-,76-,77-,78-,79-,80+,81+,82-,83-,88-,89-/m1/s1. The van der Waals surface area contributed by atoms with Crippen LogP contribution in [-0.2, 0) is 76.0 Å². The van der Waals surface area contributed by atoms with Crippen molar-refractivity contribution in [3.63, 3.8) is 0 Å². The van der Waals surface area contributed by atoms with Gasteiger partial charge in [-0.3, -0.25) is 14.4 Å². The van der Waals surface area contributed by atoms with E-state index in [1.54, 1.807) is 84.9 Å². The van der Waals surface area contributed by atoms with Crippen LogP contribution >= 0.6 is 0 Å². The maximum absolute atomic E-state index is 14.6. The minimum absolute atomic E-state index is 0.0647. The molecule has 0 spiro atoms. The minimum Gasteiger partial charge on any atom is -0.463 e. The Hall–Kier alpha value is -7.07. The molecule has 17 atom stereocenters. The number of ether oxygens (including phenoxy) is 13. The zero-order chi connectivity index (χ0) is 79.0. The van der Waals surface area contributed by atoms with Crippen LogP contribution in [0.25, 0.3) is 0 Å². The van der Waals surface area contributed by atoms with Crippen molar-refractivity contribution < 1.29 is 95.1 Å². The van der Waals surface area contributed by atoms with E-state index in [9.17, 15) is 33.6 Å². The molecule has 0 saturated carbocycles. The molecule has 0 N–H and O–H groups in total. The summed E-state index contributed by atoms with van der Waals surface area (Å²) in [6, 6.07) is 32.0. The summed E-state index contributed by atoms with van der Waals surface area (Å²) in [5.41, 5.74) is 0.359. The molecule has 0 bridgehead atoms. The molecule has 2 aliphatic heterocycles. The van der Waals surface area contributed by atoms with Gasteiger partial charge in [-0.25, -0.2) is 19.2 Å². The molecule has 606 valence electrons. The Bertz CT molecular complexity index is 3220. The second kappa shape index (κ2) is 50.0. The highest BCUT2D eigenvalue weighted by atomic mass is 16.8. The first-order chi connectivity index (χ1) is 52.3. The van der Waals surface area contributed by atoms with Crippen LogP contribution in [0.15, 0.2) is 121 Å². The summed E-state index contributed by atoms with van der Waals surface area (Å²) in [6.45, 7) is 26.1. The van der Waals surface area contributed by atoms with Gasteiger partial charge >= 0.3 is 41.8 Å². The normalized spacial score (nSPS) is 21.9. The van der Waals surface area contributed by atoms with E-state index >= 15 is 0 Å². The number of esters is 7. The van der Waals surface area contributed by atoms with Crippen LogP contribution in [0.5, 0.6) is 0 Å². The van der Waals surface area contributed by atoms with Crippen LogP contribution < -0.4 is 0 Å². The van der Waals surface area contributed by atoms with E-state index in [0.717, 1.165) is 89.4 Å². The smallest absolute Gasteiger partial charge is 0.338 e. The largest absolute Gasteiger partial charge is 0.463 e. The van der Waals surface area contributed by atoms with Crippen molar-refractivity contribution in [3.05, 3.63) is 144 Å². The molecule has 2 heterocycles. The molecule has 0 amide bonds. The molecule has 20 heteroatoms. The molecule has 109 heavy (non-hydrogen) atoms. The quantitative estimate of drug-likeness (QED) is 0.0227. The summed E-state index contributed by atoms with van der Waals surface area (Å²) in [7, 11) is 0. The van der Waals surface area contributed by atoms with Gasteiger partial charge in [0.25, 0.3) is 0 Å². The van der Waals surface area contributed by atoms with Crippen LogP contribution in [0.3, 0.4) is 0 Å². The zero-order valence-electron chi connectivity index (χ0n) is 67.6. The van der Waals surface area contributed by atoms with Gasteiger partial charge in [0.05, 0.1) is 42.1 Å². The summed E-state index contributed by atoms with van der Waals surface area (Å²) in [5.74, 6) is -1.04. The Balaban J connectivity index is 1.31. The maximum atomic E-state index is 14.6. The Labute approximate surface area is 650 Å². The number of hydrogen-bond acceptors (Lipinski definition) is 20. The van der Waals surface area contributed by atoms with Crippen molar-refractivity contribution in [1.82, 2.24) is 0 Å². The van der Waals surface area contributed by atoms with E-state index in [4.69, 9.17) is 61.6 Å². The third-order valence-corrected chi connectivity index (χ3v) is 20.7. The average Bonchev–Trinajstić information content (AvgIpc) is 0.776. The molecular formula is C89H130O20. The average molecular weight is 1520 g/mol. The van der Waals surface area contributed by atoms with Gasteiger partial charge < -0.3 is 61.6 Å². The topological polar surface area (TPSA) is 239 Å². The second-order valence-corrected chi connectivity index (χ2v) is 31.8. The lowest BCUT2D eigenvalue weighted by atomic mass is 9.91.